The molecule has 3 rings (SSSR count). The second-order valence-corrected chi connectivity index (χ2v) is 13.1. The molecule has 2 heterocycles. The molecule has 14 heteroatoms. The average molecular weight is 528 g/mol. The maximum atomic E-state index is 13.6. The second kappa shape index (κ2) is 10.2. The molecule has 0 bridgehead atoms. The number of alkyl halides is 3. The fourth-order valence-electron chi connectivity index (χ4n) is 2.90. The lowest BCUT2D eigenvalue weighted by atomic mass is 10.2. The van der Waals surface area contributed by atoms with Gasteiger partial charge in [-0.2, -0.15) is 18.2 Å². The fourth-order valence-corrected chi connectivity index (χ4v) is 4.42. The zero-order valence-electron chi connectivity index (χ0n) is 19.1. The zero-order chi connectivity index (χ0) is 25.9. The summed E-state index contributed by atoms with van der Waals surface area (Å²) < 4.78 is 79.3. The molecule has 35 heavy (non-hydrogen) atoms. The standard InChI is InChI=1S/C21H24F3N6O3PS/c1-4-35(32,33)30-18-14(7-6-10-25-18)12-26-19-17(21(22,23)24)13-27-20(29-19)28-15-8-5-9-16(11-15)34(2,3)31/h5-11,13H,4,12H2,1-3H3,(H,25,30)(H2,26,27,28,29). The van der Waals surface area contributed by atoms with E-state index >= 15 is 0 Å². The number of aromatic nitrogens is 3. The SMILES string of the molecule is CCS(=O)(=O)Nc1ncccc1CNc1nc(Nc2cccc(P(C)(C)=O)c2)ncc1C(F)(F)F. The third kappa shape index (κ3) is 7.15. The van der Waals surface area contributed by atoms with Crippen molar-refractivity contribution in [3.63, 3.8) is 0 Å². The first kappa shape index (κ1) is 26.4. The first-order valence-corrected chi connectivity index (χ1v) is 14.6. The van der Waals surface area contributed by atoms with Gasteiger partial charge in [-0.1, -0.05) is 18.2 Å². The monoisotopic (exact) mass is 528 g/mol. The quantitative estimate of drug-likeness (QED) is 0.352. The van der Waals surface area contributed by atoms with E-state index < -0.39 is 34.7 Å². The van der Waals surface area contributed by atoms with E-state index in [1.54, 1.807) is 37.6 Å². The number of hydrogen-bond acceptors (Lipinski definition) is 8. The van der Waals surface area contributed by atoms with Crippen molar-refractivity contribution in [3.05, 3.63) is 59.9 Å². The molecule has 0 saturated heterocycles. The predicted octanol–water partition coefficient (Wildman–Crippen LogP) is 4.26. The largest absolute Gasteiger partial charge is 0.421 e. The molecule has 2 aromatic heterocycles. The van der Waals surface area contributed by atoms with Crippen LogP contribution in [0.15, 0.2) is 48.8 Å². The summed E-state index contributed by atoms with van der Waals surface area (Å²) in [5.41, 5.74) is -0.316. The van der Waals surface area contributed by atoms with Crippen molar-refractivity contribution in [2.45, 2.75) is 19.6 Å². The highest BCUT2D eigenvalue weighted by atomic mass is 32.2. The van der Waals surface area contributed by atoms with Crippen molar-refractivity contribution in [2.75, 3.05) is 34.4 Å². The van der Waals surface area contributed by atoms with Crippen LogP contribution in [0.2, 0.25) is 0 Å². The van der Waals surface area contributed by atoms with Crippen LogP contribution in [0.4, 0.5) is 36.4 Å². The number of halogens is 3. The van der Waals surface area contributed by atoms with Crippen molar-refractivity contribution in [1.29, 1.82) is 0 Å². The topological polar surface area (TPSA) is 126 Å². The third-order valence-corrected chi connectivity index (χ3v) is 7.57. The number of rotatable bonds is 9. The van der Waals surface area contributed by atoms with Crippen molar-refractivity contribution in [3.8, 4) is 0 Å². The van der Waals surface area contributed by atoms with Gasteiger partial charge in [-0.3, -0.25) is 4.72 Å². The van der Waals surface area contributed by atoms with Gasteiger partial charge in [0.25, 0.3) is 0 Å². The van der Waals surface area contributed by atoms with Gasteiger partial charge in [0.2, 0.25) is 16.0 Å². The maximum absolute atomic E-state index is 13.6. The van der Waals surface area contributed by atoms with Crippen molar-refractivity contribution in [2.24, 2.45) is 0 Å². The molecular weight excluding hydrogens is 504 g/mol. The van der Waals surface area contributed by atoms with Gasteiger partial charge in [-0.15, -0.1) is 0 Å². The van der Waals surface area contributed by atoms with Gasteiger partial charge < -0.3 is 15.2 Å². The molecule has 0 radical (unpaired) electrons. The smallest absolute Gasteiger partial charge is 0.365 e. The van der Waals surface area contributed by atoms with Gasteiger partial charge in [0, 0.05) is 35.5 Å². The van der Waals surface area contributed by atoms with Crippen molar-refractivity contribution < 1.29 is 26.2 Å². The predicted molar refractivity (Wildman–Crippen MR) is 130 cm³/mol. The number of nitrogens with zero attached hydrogens (tertiary/aromatic N) is 3. The van der Waals surface area contributed by atoms with Crippen LogP contribution in [0.25, 0.3) is 0 Å². The van der Waals surface area contributed by atoms with Gasteiger partial charge in [0.1, 0.15) is 24.3 Å². The van der Waals surface area contributed by atoms with Gasteiger partial charge in [-0.05, 0) is 38.5 Å². The zero-order valence-corrected chi connectivity index (χ0v) is 20.8. The number of pyridine rings is 1. The van der Waals surface area contributed by atoms with Crippen LogP contribution in [0.3, 0.4) is 0 Å². The third-order valence-electron chi connectivity index (χ3n) is 4.79. The summed E-state index contributed by atoms with van der Waals surface area (Å²) in [5.74, 6) is -0.806. The number of nitrogens with one attached hydrogen (secondary N) is 3. The molecule has 0 saturated carbocycles. The Morgan fingerprint density at radius 3 is 2.46 bits per heavy atom. The molecule has 0 aliphatic heterocycles. The minimum absolute atomic E-state index is 0.00295. The first-order valence-electron chi connectivity index (χ1n) is 10.3. The first-order chi connectivity index (χ1) is 16.3. The van der Waals surface area contributed by atoms with E-state index in [9.17, 15) is 26.2 Å². The van der Waals surface area contributed by atoms with E-state index in [1.807, 2.05) is 0 Å². The molecule has 188 valence electrons. The van der Waals surface area contributed by atoms with Crippen molar-refractivity contribution >= 4 is 45.7 Å². The molecule has 0 spiro atoms. The molecule has 0 atom stereocenters. The van der Waals surface area contributed by atoms with Gasteiger partial charge in [-0.25, -0.2) is 18.4 Å². The lowest BCUT2D eigenvalue weighted by Crippen LogP contribution is -2.18. The van der Waals surface area contributed by atoms with E-state index in [0.29, 0.717) is 22.8 Å². The number of sulfonamides is 1. The number of anilines is 4. The Bertz CT molecular complexity index is 1360. The average Bonchev–Trinajstić information content (AvgIpc) is 2.77. The molecule has 0 amide bonds. The summed E-state index contributed by atoms with van der Waals surface area (Å²) in [6.45, 7) is 4.47. The Morgan fingerprint density at radius 1 is 1.06 bits per heavy atom. The molecule has 9 nitrogen and oxygen atoms in total. The molecule has 3 aromatic rings. The lowest BCUT2D eigenvalue weighted by molar-refractivity contribution is -0.137. The van der Waals surface area contributed by atoms with Gasteiger partial charge in [0.05, 0.1) is 5.75 Å². The second-order valence-electron chi connectivity index (χ2n) is 7.85. The van der Waals surface area contributed by atoms with Crippen LogP contribution in [-0.2, 0) is 27.3 Å². The Hall–Kier alpha value is -3.18. The Balaban J connectivity index is 1.90. The molecule has 1 aromatic carbocycles. The van der Waals surface area contributed by atoms with Crippen molar-refractivity contribution in [1.82, 2.24) is 15.0 Å². The fraction of sp³-hybridized carbons (Fsp3) is 0.286. The van der Waals surface area contributed by atoms with Crippen LogP contribution in [0.1, 0.15) is 18.1 Å². The Kier molecular flexibility index (Phi) is 7.71. The highest BCUT2D eigenvalue weighted by Crippen LogP contribution is 2.36. The van der Waals surface area contributed by atoms with Crippen LogP contribution in [-0.4, -0.2) is 42.5 Å². The van der Waals surface area contributed by atoms with Crippen LogP contribution >= 0.6 is 7.14 Å². The number of hydrogen-bond donors (Lipinski definition) is 3. The molecular formula is C21H24F3N6O3PS. The minimum Gasteiger partial charge on any atom is -0.365 e. The van der Waals surface area contributed by atoms with E-state index in [1.165, 1.54) is 25.3 Å². The summed E-state index contributed by atoms with van der Waals surface area (Å²) >= 11 is 0. The van der Waals surface area contributed by atoms with Gasteiger partial charge >= 0.3 is 6.18 Å². The molecule has 0 aliphatic carbocycles. The maximum Gasteiger partial charge on any atom is 0.421 e. The normalized spacial score (nSPS) is 12.3. The minimum atomic E-state index is -4.74. The van der Waals surface area contributed by atoms with E-state index in [0.717, 1.165) is 0 Å². The summed E-state index contributed by atoms with van der Waals surface area (Å²) in [6.07, 6.45) is -2.72. The number of benzene rings is 1. The summed E-state index contributed by atoms with van der Waals surface area (Å²) in [6, 6.07) is 9.70. The van der Waals surface area contributed by atoms with Gasteiger partial charge in [0.15, 0.2) is 0 Å². The lowest BCUT2D eigenvalue weighted by Gasteiger charge is -2.16. The Labute approximate surface area is 201 Å². The van der Waals surface area contributed by atoms with E-state index in [-0.39, 0.29) is 24.1 Å². The Morgan fingerprint density at radius 2 is 1.80 bits per heavy atom. The van der Waals surface area contributed by atoms with Crippen LogP contribution in [0.5, 0.6) is 0 Å². The van der Waals surface area contributed by atoms with E-state index in [2.05, 4.69) is 30.3 Å². The van der Waals surface area contributed by atoms with Crippen LogP contribution < -0.4 is 20.7 Å². The summed E-state index contributed by atoms with van der Waals surface area (Å²) in [5, 5.41) is 6.03. The molecule has 0 aliphatic rings. The molecule has 0 fully saturated rings. The highest BCUT2D eigenvalue weighted by molar-refractivity contribution is 7.92. The molecule has 0 unspecified atom stereocenters. The van der Waals surface area contributed by atoms with Crippen LogP contribution in [0, 0.1) is 0 Å². The van der Waals surface area contributed by atoms with E-state index in [4.69, 9.17) is 0 Å². The molecule has 3 N–H and O–H groups in total. The highest BCUT2D eigenvalue weighted by Gasteiger charge is 2.35. The summed E-state index contributed by atoms with van der Waals surface area (Å²) in [7, 11) is -6.19. The summed E-state index contributed by atoms with van der Waals surface area (Å²) in [4.78, 5) is 11.7.